The van der Waals surface area contributed by atoms with Crippen molar-refractivity contribution in [3.63, 3.8) is 0 Å². The van der Waals surface area contributed by atoms with Gasteiger partial charge in [-0.25, -0.2) is 0 Å². The van der Waals surface area contributed by atoms with E-state index in [9.17, 15) is 4.79 Å². The minimum absolute atomic E-state index is 0.138. The monoisotopic (exact) mass is 471 g/mol. The van der Waals surface area contributed by atoms with Gasteiger partial charge in [-0.3, -0.25) is 4.79 Å². The summed E-state index contributed by atoms with van der Waals surface area (Å²) in [6.45, 7) is 4.17. The molecule has 0 saturated heterocycles. The number of carbonyl (C=O) groups excluding carboxylic acids is 1. The number of carbonyl (C=O) groups is 1. The molecule has 8 heteroatoms. The Bertz CT molecular complexity index is 1070. The fourth-order valence-electron chi connectivity index (χ4n) is 5.07. The Hall–Kier alpha value is -3.55. The highest BCUT2D eigenvalue weighted by atomic mass is 16.5. The van der Waals surface area contributed by atoms with E-state index in [1.54, 1.807) is 6.21 Å². The second kappa shape index (κ2) is 11.3. The van der Waals surface area contributed by atoms with Crippen molar-refractivity contribution in [2.24, 2.45) is 42.7 Å². The number of ether oxygens (including phenoxy) is 1. The first-order chi connectivity index (χ1) is 17.2. The van der Waals surface area contributed by atoms with Crippen LogP contribution in [0.1, 0.15) is 50.7 Å². The molecule has 0 saturated carbocycles. The molecule has 181 valence electrons. The van der Waals surface area contributed by atoms with E-state index in [2.05, 4.69) is 56.4 Å². The van der Waals surface area contributed by atoms with E-state index in [-0.39, 0.29) is 11.9 Å². The maximum atomic E-state index is 13.2. The molecule has 4 atom stereocenters. The van der Waals surface area contributed by atoms with E-state index in [4.69, 9.17) is 4.74 Å². The quantitative estimate of drug-likeness (QED) is 0.341. The lowest BCUT2D eigenvalue weighted by atomic mass is 9.72. The van der Waals surface area contributed by atoms with Gasteiger partial charge in [-0.2, -0.15) is 10.2 Å². The average molecular weight is 472 g/mol. The van der Waals surface area contributed by atoms with Crippen molar-refractivity contribution in [3.05, 3.63) is 78.2 Å². The van der Waals surface area contributed by atoms with Gasteiger partial charge in [0.1, 0.15) is 5.54 Å². The highest BCUT2D eigenvalue weighted by molar-refractivity contribution is 5.85. The van der Waals surface area contributed by atoms with Gasteiger partial charge in [-0.1, -0.05) is 74.0 Å². The molecule has 0 aliphatic carbocycles. The number of hydrogen-bond donors (Lipinski definition) is 0. The first-order valence-electron chi connectivity index (χ1n) is 12.1. The zero-order valence-electron chi connectivity index (χ0n) is 20.2. The van der Waals surface area contributed by atoms with E-state index in [1.807, 2.05) is 61.7 Å². The van der Waals surface area contributed by atoms with Gasteiger partial charge < -0.3 is 4.74 Å². The van der Waals surface area contributed by atoms with Gasteiger partial charge in [0, 0.05) is 0 Å². The van der Waals surface area contributed by atoms with Crippen molar-refractivity contribution < 1.29 is 9.53 Å². The molecule has 0 aromatic heterocycles. The summed E-state index contributed by atoms with van der Waals surface area (Å²) in [7, 11) is 0. The highest BCUT2D eigenvalue weighted by Crippen LogP contribution is 2.43. The lowest BCUT2D eigenvalue weighted by molar-refractivity contribution is -0.150. The lowest BCUT2D eigenvalue weighted by Crippen LogP contribution is -2.40. The molecule has 2 heterocycles. The zero-order valence-corrected chi connectivity index (χ0v) is 20.2. The fraction of sp³-hybridized carbons (Fsp3) is 0.407. The predicted molar refractivity (Wildman–Crippen MR) is 135 cm³/mol. The number of benzene rings is 2. The third-order valence-electron chi connectivity index (χ3n) is 6.80. The predicted octanol–water partition coefficient (Wildman–Crippen LogP) is 6.26. The van der Waals surface area contributed by atoms with Gasteiger partial charge in [0.2, 0.25) is 0 Å². The van der Waals surface area contributed by atoms with E-state index < -0.39 is 17.0 Å². The number of rotatable bonds is 12. The van der Waals surface area contributed by atoms with Gasteiger partial charge in [0.05, 0.1) is 25.0 Å². The second-order valence-corrected chi connectivity index (χ2v) is 8.83. The number of esters is 1. The van der Waals surface area contributed by atoms with Gasteiger partial charge in [-0.15, -0.1) is 10.2 Å². The second-order valence-electron chi connectivity index (χ2n) is 8.83. The average Bonchev–Trinajstić information content (AvgIpc) is 3.59. The van der Waals surface area contributed by atoms with Crippen molar-refractivity contribution in [2.45, 2.75) is 50.6 Å². The lowest BCUT2D eigenvalue weighted by Gasteiger charge is -2.33. The van der Waals surface area contributed by atoms with Gasteiger partial charge in [0.15, 0.2) is 5.54 Å². The summed E-state index contributed by atoms with van der Waals surface area (Å²) >= 11 is 0. The molecule has 0 fully saturated rings. The summed E-state index contributed by atoms with van der Waals surface area (Å²) in [4.78, 5) is 13.2. The Morgan fingerprint density at radius 3 is 1.97 bits per heavy atom. The smallest absolute Gasteiger partial charge is 0.312 e. The molecule has 8 nitrogen and oxygen atoms in total. The molecule has 2 aromatic carbocycles. The van der Waals surface area contributed by atoms with Crippen LogP contribution in [0.25, 0.3) is 0 Å². The molecule has 0 bridgehead atoms. The van der Waals surface area contributed by atoms with Gasteiger partial charge in [0.25, 0.3) is 0 Å². The maximum absolute atomic E-state index is 13.2. The van der Waals surface area contributed by atoms with Gasteiger partial charge >= 0.3 is 5.97 Å². The molecule has 4 unspecified atom stereocenters. The van der Waals surface area contributed by atoms with Gasteiger partial charge in [-0.05, 0) is 60.1 Å². The van der Waals surface area contributed by atoms with Crippen LogP contribution in [-0.4, -0.2) is 25.0 Å². The molecule has 35 heavy (non-hydrogen) atoms. The molecule has 1 radical (unpaired) electrons. The first-order valence-corrected chi connectivity index (χ1v) is 12.1. The van der Waals surface area contributed by atoms with Crippen LogP contribution in [0.5, 0.6) is 0 Å². The van der Waals surface area contributed by atoms with Crippen LogP contribution in [0.4, 0.5) is 0 Å². The van der Waals surface area contributed by atoms with Crippen molar-refractivity contribution >= 4 is 18.4 Å². The van der Waals surface area contributed by atoms with Crippen LogP contribution >= 0.6 is 0 Å². The summed E-state index contributed by atoms with van der Waals surface area (Å²) < 4.78 is 5.49. The molecule has 2 aliphatic rings. The zero-order chi connectivity index (χ0) is 24.6. The summed E-state index contributed by atoms with van der Waals surface area (Å²) in [5, 5.41) is 25.1. The summed E-state index contributed by atoms with van der Waals surface area (Å²) in [5.74, 6) is -0.695. The minimum Gasteiger partial charge on any atom is -0.466 e. The standard InChI is InChI=1S/C27H31N6O2/c1-3-12-21(26(19-28-32-30-26)22-13-7-5-8-14-22)17-11-18-24(25(34)35-4-2)27(20-29-33-31-27)23-15-9-6-10-16-23/h3,5-10,13-16,19-21,24H,4,11-12,17-18H2,1-2H3. The Balaban J connectivity index is 1.59. The number of hydrogen-bond acceptors (Lipinski definition) is 8. The SMILES string of the molecule is C[CH]CC(CCCC(C(=O)OCC)C1(c2ccccc2)C=NN=N1)C1(c2ccccc2)C=NN=N1. The third-order valence-corrected chi connectivity index (χ3v) is 6.80. The van der Waals surface area contributed by atoms with Crippen LogP contribution in [0.2, 0.25) is 0 Å². The van der Waals surface area contributed by atoms with Crippen molar-refractivity contribution in [2.75, 3.05) is 6.61 Å². The minimum atomic E-state index is -0.967. The molecule has 2 aliphatic heterocycles. The van der Waals surface area contributed by atoms with E-state index in [1.165, 1.54) is 0 Å². The first kappa shape index (κ1) is 24.6. The molecular formula is C27H31N6O2. The molecular weight excluding hydrogens is 440 g/mol. The van der Waals surface area contributed by atoms with E-state index in [0.29, 0.717) is 13.0 Å². The Morgan fingerprint density at radius 1 is 0.886 bits per heavy atom. The number of nitrogens with zero attached hydrogens (tertiary/aromatic N) is 6. The summed E-state index contributed by atoms with van der Waals surface area (Å²) in [6.07, 6.45) is 8.67. The Labute approximate surface area is 206 Å². The van der Waals surface area contributed by atoms with Crippen LogP contribution in [0.3, 0.4) is 0 Å². The van der Waals surface area contributed by atoms with Crippen LogP contribution in [0, 0.1) is 18.3 Å². The van der Waals surface area contributed by atoms with Crippen LogP contribution < -0.4 is 0 Å². The summed E-state index contributed by atoms with van der Waals surface area (Å²) in [5.41, 5.74) is 0.361. The topological polar surface area (TPSA) is 100 Å². The van der Waals surface area contributed by atoms with Crippen LogP contribution in [0.15, 0.2) is 91.5 Å². The van der Waals surface area contributed by atoms with Crippen molar-refractivity contribution in [3.8, 4) is 0 Å². The highest BCUT2D eigenvalue weighted by Gasteiger charge is 2.47. The van der Waals surface area contributed by atoms with Crippen molar-refractivity contribution in [1.29, 1.82) is 0 Å². The maximum Gasteiger partial charge on any atom is 0.312 e. The normalized spacial score (nSPS) is 24.1. The third kappa shape index (κ3) is 4.97. The van der Waals surface area contributed by atoms with E-state index in [0.717, 1.165) is 30.4 Å². The summed E-state index contributed by atoms with van der Waals surface area (Å²) in [6, 6.07) is 19.9. The molecule has 0 amide bonds. The molecule has 0 N–H and O–H groups in total. The molecule has 0 spiro atoms. The fourth-order valence-corrected chi connectivity index (χ4v) is 5.07. The Kier molecular flexibility index (Phi) is 7.90. The Morgan fingerprint density at radius 2 is 1.46 bits per heavy atom. The van der Waals surface area contributed by atoms with E-state index >= 15 is 0 Å². The molecule has 4 rings (SSSR count). The molecule has 2 aromatic rings. The van der Waals surface area contributed by atoms with Crippen LogP contribution in [-0.2, 0) is 20.6 Å². The largest absolute Gasteiger partial charge is 0.466 e. The van der Waals surface area contributed by atoms with Crippen molar-refractivity contribution in [1.82, 2.24) is 0 Å².